The van der Waals surface area contributed by atoms with Gasteiger partial charge in [0.1, 0.15) is 18.3 Å². The smallest absolute Gasteiger partial charge is 0.338 e. The topological polar surface area (TPSA) is 78.9 Å². The van der Waals surface area contributed by atoms with E-state index in [1.165, 1.54) is 0 Å². The van der Waals surface area contributed by atoms with Crippen LogP contribution < -0.4 is 0 Å². The number of carbonyl (C=O) groups is 3. The number of hydrogen-bond donors (Lipinski definition) is 0. The molecule has 188 valence electrons. The summed E-state index contributed by atoms with van der Waals surface area (Å²) >= 11 is 0. The average molecular weight is 497 g/mol. The van der Waals surface area contributed by atoms with E-state index in [0.717, 1.165) is 5.56 Å². The van der Waals surface area contributed by atoms with E-state index >= 15 is 0 Å². The fourth-order valence-electron chi connectivity index (χ4n) is 5.10. The SMILES string of the molecule is O=C1C[C@@H]2[C@@H](C=C[C@H](Cc3ccccc3)OC(=O)c3ccccc3)[C@H](OC(=O)c3ccccc3)C[C@@H]2O1. The maximum Gasteiger partial charge on any atom is 0.338 e. The van der Waals surface area contributed by atoms with Crippen molar-refractivity contribution in [1.82, 2.24) is 0 Å². The lowest BCUT2D eigenvalue weighted by molar-refractivity contribution is -0.141. The minimum absolute atomic E-state index is 0.0977. The van der Waals surface area contributed by atoms with Crippen molar-refractivity contribution in [1.29, 1.82) is 0 Å². The van der Waals surface area contributed by atoms with Gasteiger partial charge in [-0.2, -0.15) is 0 Å². The number of esters is 3. The molecule has 1 saturated carbocycles. The zero-order chi connectivity index (χ0) is 25.6. The zero-order valence-electron chi connectivity index (χ0n) is 20.3. The molecule has 5 atom stereocenters. The Bertz CT molecular complexity index is 1250. The van der Waals surface area contributed by atoms with E-state index in [4.69, 9.17) is 14.2 Å². The summed E-state index contributed by atoms with van der Waals surface area (Å²) in [6, 6.07) is 27.5. The van der Waals surface area contributed by atoms with Gasteiger partial charge >= 0.3 is 17.9 Å². The van der Waals surface area contributed by atoms with Gasteiger partial charge in [0.25, 0.3) is 0 Å². The molecular formula is C31H28O6. The van der Waals surface area contributed by atoms with Crippen LogP contribution in [0.5, 0.6) is 0 Å². The Morgan fingerprint density at radius 3 is 2.11 bits per heavy atom. The first-order valence-electron chi connectivity index (χ1n) is 12.5. The highest BCUT2D eigenvalue weighted by atomic mass is 16.6. The van der Waals surface area contributed by atoms with Crippen LogP contribution in [0.2, 0.25) is 0 Å². The van der Waals surface area contributed by atoms with E-state index < -0.39 is 24.1 Å². The number of ether oxygens (including phenoxy) is 3. The average Bonchev–Trinajstić information content (AvgIpc) is 3.44. The number of benzene rings is 3. The summed E-state index contributed by atoms with van der Waals surface area (Å²) in [4.78, 5) is 37.6. The van der Waals surface area contributed by atoms with Gasteiger partial charge in [0.2, 0.25) is 0 Å². The van der Waals surface area contributed by atoms with Crippen molar-refractivity contribution in [2.75, 3.05) is 0 Å². The van der Waals surface area contributed by atoms with Gasteiger partial charge in [-0.3, -0.25) is 4.79 Å². The predicted molar refractivity (Wildman–Crippen MR) is 137 cm³/mol. The zero-order valence-corrected chi connectivity index (χ0v) is 20.3. The molecule has 5 rings (SSSR count). The van der Waals surface area contributed by atoms with Crippen LogP contribution in [0.4, 0.5) is 0 Å². The molecule has 0 unspecified atom stereocenters. The summed E-state index contributed by atoms with van der Waals surface area (Å²) in [6.45, 7) is 0. The Morgan fingerprint density at radius 1 is 0.865 bits per heavy atom. The molecule has 0 bridgehead atoms. The molecule has 0 spiro atoms. The van der Waals surface area contributed by atoms with Crippen LogP contribution in [0.25, 0.3) is 0 Å². The summed E-state index contributed by atoms with van der Waals surface area (Å²) in [5.41, 5.74) is 1.96. The van der Waals surface area contributed by atoms with Crippen LogP contribution in [-0.4, -0.2) is 36.2 Å². The molecule has 1 heterocycles. The van der Waals surface area contributed by atoms with Gasteiger partial charge in [0, 0.05) is 24.7 Å². The highest BCUT2D eigenvalue weighted by Crippen LogP contribution is 2.43. The van der Waals surface area contributed by atoms with E-state index in [1.807, 2.05) is 54.6 Å². The van der Waals surface area contributed by atoms with Crippen LogP contribution in [-0.2, 0) is 25.4 Å². The molecule has 1 aliphatic carbocycles. The highest BCUT2D eigenvalue weighted by Gasteiger charge is 2.50. The van der Waals surface area contributed by atoms with Gasteiger partial charge in [-0.05, 0) is 35.9 Å². The first-order chi connectivity index (χ1) is 18.1. The van der Waals surface area contributed by atoms with E-state index in [0.29, 0.717) is 24.0 Å². The number of fused-ring (bicyclic) bond motifs is 1. The van der Waals surface area contributed by atoms with Crippen molar-refractivity contribution >= 4 is 17.9 Å². The molecule has 1 aliphatic heterocycles. The van der Waals surface area contributed by atoms with Gasteiger partial charge in [-0.1, -0.05) is 72.8 Å². The first-order valence-corrected chi connectivity index (χ1v) is 12.5. The Labute approximate surface area is 215 Å². The Balaban J connectivity index is 1.37. The Hall–Kier alpha value is -4.19. The molecule has 0 aromatic heterocycles. The van der Waals surface area contributed by atoms with Crippen LogP contribution in [0.1, 0.15) is 39.1 Å². The quantitative estimate of drug-likeness (QED) is 0.243. The summed E-state index contributed by atoms with van der Waals surface area (Å²) in [5, 5.41) is 0. The van der Waals surface area contributed by atoms with Gasteiger partial charge in [-0.15, -0.1) is 0 Å². The lowest BCUT2D eigenvalue weighted by Gasteiger charge is -2.21. The van der Waals surface area contributed by atoms with Crippen LogP contribution in [0, 0.1) is 11.8 Å². The van der Waals surface area contributed by atoms with Crippen LogP contribution in [0.15, 0.2) is 103 Å². The molecule has 0 N–H and O–H groups in total. The summed E-state index contributed by atoms with van der Waals surface area (Å²) < 4.78 is 17.3. The second-order valence-electron chi connectivity index (χ2n) is 9.40. The molecule has 37 heavy (non-hydrogen) atoms. The summed E-state index contributed by atoms with van der Waals surface area (Å²) in [6.07, 6.45) is 3.69. The third kappa shape index (κ3) is 5.97. The summed E-state index contributed by atoms with van der Waals surface area (Å²) in [5.74, 6) is -1.40. The first kappa shape index (κ1) is 24.5. The fraction of sp³-hybridized carbons (Fsp3) is 0.258. The second kappa shape index (κ2) is 11.2. The molecule has 3 aromatic rings. The van der Waals surface area contributed by atoms with Gasteiger partial charge in [-0.25, -0.2) is 9.59 Å². The lowest BCUT2D eigenvalue weighted by Crippen LogP contribution is -2.25. The van der Waals surface area contributed by atoms with Crippen LogP contribution in [0.3, 0.4) is 0 Å². The molecule has 2 fully saturated rings. The molecule has 1 saturated heterocycles. The Kier molecular flexibility index (Phi) is 7.45. The van der Waals surface area contributed by atoms with Gasteiger partial charge in [0.15, 0.2) is 0 Å². The third-order valence-corrected chi connectivity index (χ3v) is 6.91. The summed E-state index contributed by atoms with van der Waals surface area (Å²) in [7, 11) is 0. The van der Waals surface area contributed by atoms with Crippen molar-refractivity contribution < 1.29 is 28.6 Å². The molecule has 3 aromatic carbocycles. The maximum absolute atomic E-state index is 12.8. The van der Waals surface area contributed by atoms with E-state index in [2.05, 4.69) is 0 Å². The third-order valence-electron chi connectivity index (χ3n) is 6.91. The molecule has 0 radical (unpaired) electrons. The normalized spacial score (nSPS) is 23.3. The largest absolute Gasteiger partial charge is 0.462 e. The molecular weight excluding hydrogens is 468 g/mol. The van der Waals surface area contributed by atoms with Gasteiger partial charge in [0.05, 0.1) is 17.5 Å². The van der Waals surface area contributed by atoms with Crippen molar-refractivity contribution in [3.8, 4) is 0 Å². The second-order valence-corrected chi connectivity index (χ2v) is 9.40. The number of rotatable bonds is 8. The molecule has 0 amide bonds. The Morgan fingerprint density at radius 2 is 1.46 bits per heavy atom. The number of hydrogen-bond acceptors (Lipinski definition) is 6. The molecule has 6 heteroatoms. The van der Waals surface area contributed by atoms with Gasteiger partial charge < -0.3 is 14.2 Å². The monoisotopic (exact) mass is 496 g/mol. The number of carbonyl (C=O) groups excluding carboxylic acids is 3. The predicted octanol–water partition coefficient (Wildman–Crippen LogP) is 5.19. The van der Waals surface area contributed by atoms with Crippen molar-refractivity contribution in [2.45, 2.75) is 37.6 Å². The highest BCUT2D eigenvalue weighted by molar-refractivity contribution is 5.90. The van der Waals surface area contributed by atoms with Crippen molar-refractivity contribution in [2.24, 2.45) is 11.8 Å². The standard InChI is InChI=1S/C31H28O6/c32-29-19-26-25(27(20-28(26)36-29)37-31(34)23-14-8-3-9-15-23)17-16-24(18-21-10-4-1-5-11-21)35-30(33)22-12-6-2-7-13-22/h1-17,24-28H,18-20H2/t24-,25-,26-,27-,28+/m1/s1. The van der Waals surface area contributed by atoms with Crippen LogP contribution >= 0.6 is 0 Å². The lowest BCUT2D eigenvalue weighted by atomic mass is 9.91. The molecule has 6 nitrogen and oxygen atoms in total. The van der Waals surface area contributed by atoms with E-state index in [1.54, 1.807) is 48.5 Å². The molecule has 2 aliphatic rings. The fourth-order valence-corrected chi connectivity index (χ4v) is 5.10. The van der Waals surface area contributed by atoms with Crippen molar-refractivity contribution in [3.05, 3.63) is 120 Å². The minimum atomic E-state index is -0.544. The van der Waals surface area contributed by atoms with E-state index in [-0.39, 0.29) is 30.3 Å². The minimum Gasteiger partial charge on any atom is -0.462 e. The van der Waals surface area contributed by atoms with E-state index in [9.17, 15) is 14.4 Å². The maximum atomic E-state index is 12.8. The van der Waals surface area contributed by atoms with Crippen molar-refractivity contribution in [3.63, 3.8) is 0 Å².